The van der Waals surface area contributed by atoms with E-state index in [0.29, 0.717) is 24.0 Å². The summed E-state index contributed by atoms with van der Waals surface area (Å²) in [7, 11) is 0. The third-order valence-corrected chi connectivity index (χ3v) is 3.66. The highest BCUT2D eigenvalue weighted by molar-refractivity contribution is 5.87. The Balaban J connectivity index is 2.22. The third-order valence-electron chi connectivity index (χ3n) is 3.66. The van der Waals surface area contributed by atoms with Crippen LogP contribution in [0.5, 0.6) is 5.75 Å². The Labute approximate surface area is 126 Å². The zero-order chi connectivity index (χ0) is 16.4. The molecule has 0 radical (unpaired) electrons. The zero-order valence-corrected chi connectivity index (χ0v) is 12.2. The van der Waals surface area contributed by atoms with E-state index in [0.717, 1.165) is 12.8 Å². The molecule has 2 rings (SSSR count). The lowest BCUT2D eigenvalue weighted by Crippen LogP contribution is -2.29. The third kappa shape index (κ3) is 3.81. The normalized spacial score (nSPS) is 17.1. The van der Waals surface area contributed by atoms with Gasteiger partial charge in [0, 0.05) is 5.57 Å². The summed E-state index contributed by atoms with van der Waals surface area (Å²) in [6, 6.07) is 5.49. The fraction of sp³-hybridized carbons (Fsp3) is 0.438. The fourth-order valence-corrected chi connectivity index (χ4v) is 2.62. The molecule has 0 spiro atoms. The smallest absolute Gasteiger partial charge is 0.451 e. The zero-order valence-electron chi connectivity index (χ0n) is 12.2. The quantitative estimate of drug-likeness (QED) is 0.607. The first-order valence-corrected chi connectivity index (χ1v) is 6.97. The van der Waals surface area contributed by atoms with E-state index in [1.807, 2.05) is 0 Å². The maximum Gasteiger partial charge on any atom is 0.573 e. The molecular weight excluding hydrogens is 297 g/mol. The van der Waals surface area contributed by atoms with Crippen LogP contribution in [-0.2, 0) is 15.1 Å². The van der Waals surface area contributed by atoms with E-state index < -0.39 is 17.9 Å². The van der Waals surface area contributed by atoms with Gasteiger partial charge in [-0.1, -0.05) is 18.7 Å². The van der Waals surface area contributed by atoms with E-state index in [2.05, 4.69) is 11.3 Å². The van der Waals surface area contributed by atoms with E-state index in [1.165, 1.54) is 24.3 Å². The van der Waals surface area contributed by atoms with Crippen molar-refractivity contribution in [1.82, 2.24) is 0 Å². The van der Waals surface area contributed by atoms with E-state index in [-0.39, 0.29) is 5.75 Å². The van der Waals surface area contributed by atoms with Gasteiger partial charge in [-0.25, -0.2) is 4.79 Å². The van der Waals surface area contributed by atoms with Crippen molar-refractivity contribution in [3.63, 3.8) is 0 Å². The molecule has 1 aromatic rings. The minimum Gasteiger partial charge on any atom is -0.451 e. The lowest BCUT2D eigenvalue weighted by molar-refractivity contribution is -0.274. The molecule has 3 nitrogen and oxygen atoms in total. The maximum atomic E-state index is 12.2. The Kier molecular flexibility index (Phi) is 4.49. The van der Waals surface area contributed by atoms with Crippen molar-refractivity contribution >= 4 is 5.97 Å². The molecule has 0 amide bonds. The first-order valence-electron chi connectivity index (χ1n) is 6.97. The van der Waals surface area contributed by atoms with Gasteiger partial charge in [-0.3, -0.25) is 0 Å². The van der Waals surface area contributed by atoms with Crippen molar-refractivity contribution in [2.24, 2.45) is 0 Å². The highest BCUT2D eigenvalue weighted by atomic mass is 19.4. The first-order chi connectivity index (χ1) is 10.2. The van der Waals surface area contributed by atoms with E-state index in [1.54, 1.807) is 6.92 Å². The van der Waals surface area contributed by atoms with Crippen molar-refractivity contribution in [2.75, 3.05) is 0 Å². The molecule has 0 bridgehead atoms. The molecule has 22 heavy (non-hydrogen) atoms. The largest absolute Gasteiger partial charge is 0.573 e. The molecular formula is C16H17F3O3. The minimum absolute atomic E-state index is 0.295. The van der Waals surface area contributed by atoms with Gasteiger partial charge in [0.25, 0.3) is 0 Å². The number of halogens is 3. The molecule has 1 aromatic carbocycles. The maximum absolute atomic E-state index is 12.2. The number of carbonyl (C=O) groups is 1. The van der Waals surface area contributed by atoms with Gasteiger partial charge in [0.15, 0.2) is 0 Å². The molecule has 0 N–H and O–H groups in total. The van der Waals surface area contributed by atoms with Gasteiger partial charge < -0.3 is 9.47 Å². The average Bonchev–Trinajstić information content (AvgIpc) is 2.87. The van der Waals surface area contributed by atoms with Crippen LogP contribution < -0.4 is 4.74 Å². The topological polar surface area (TPSA) is 35.5 Å². The fourth-order valence-electron chi connectivity index (χ4n) is 2.62. The van der Waals surface area contributed by atoms with Gasteiger partial charge in [0.1, 0.15) is 11.4 Å². The number of ether oxygens (including phenoxy) is 2. The molecule has 6 heteroatoms. The molecule has 120 valence electrons. The number of hydrogen-bond acceptors (Lipinski definition) is 3. The summed E-state index contributed by atoms with van der Waals surface area (Å²) in [6.07, 6.45) is -1.65. The van der Waals surface area contributed by atoms with Gasteiger partial charge in [0.2, 0.25) is 0 Å². The van der Waals surface area contributed by atoms with Crippen molar-refractivity contribution in [3.05, 3.63) is 42.0 Å². The van der Waals surface area contributed by atoms with E-state index in [4.69, 9.17) is 4.74 Å². The number of esters is 1. The molecule has 0 saturated heterocycles. The van der Waals surface area contributed by atoms with Crippen molar-refractivity contribution in [3.8, 4) is 5.75 Å². The monoisotopic (exact) mass is 314 g/mol. The molecule has 0 aliphatic heterocycles. The molecule has 1 aliphatic carbocycles. The number of carbonyl (C=O) groups excluding carboxylic acids is 1. The Morgan fingerprint density at radius 3 is 2.18 bits per heavy atom. The number of benzene rings is 1. The second-order valence-electron chi connectivity index (χ2n) is 5.44. The minimum atomic E-state index is -4.72. The molecule has 0 unspecified atom stereocenters. The molecule has 1 aliphatic rings. The van der Waals surface area contributed by atoms with Gasteiger partial charge in [-0.15, -0.1) is 13.2 Å². The standard InChI is InChI=1S/C16H17F3O3/c1-11(2)14(20)22-15(9-3-4-10-15)12-5-7-13(8-6-12)21-16(17,18)19/h5-8H,1,3-4,9-10H2,2H3. The predicted octanol–water partition coefficient (Wildman–Crippen LogP) is 4.47. The van der Waals surface area contributed by atoms with Gasteiger partial charge in [0.05, 0.1) is 0 Å². The van der Waals surface area contributed by atoms with Crippen LogP contribution >= 0.6 is 0 Å². The molecule has 1 saturated carbocycles. The van der Waals surface area contributed by atoms with Crippen LogP contribution in [0.4, 0.5) is 13.2 Å². The van der Waals surface area contributed by atoms with Crippen LogP contribution in [-0.4, -0.2) is 12.3 Å². The summed E-state index contributed by atoms with van der Waals surface area (Å²) in [5.74, 6) is -0.784. The SMILES string of the molecule is C=C(C)C(=O)OC1(c2ccc(OC(F)(F)F)cc2)CCCC1. The van der Waals surface area contributed by atoms with E-state index >= 15 is 0 Å². The Bertz CT molecular complexity index is 555. The molecule has 0 atom stereocenters. The Morgan fingerprint density at radius 1 is 1.18 bits per heavy atom. The van der Waals surface area contributed by atoms with Crippen LogP contribution in [0.25, 0.3) is 0 Å². The summed E-state index contributed by atoms with van der Waals surface area (Å²) in [5.41, 5.74) is 0.185. The lowest BCUT2D eigenvalue weighted by Gasteiger charge is -2.30. The first kappa shape index (κ1) is 16.4. The van der Waals surface area contributed by atoms with Gasteiger partial charge in [-0.2, -0.15) is 0 Å². The Morgan fingerprint density at radius 2 is 1.73 bits per heavy atom. The van der Waals surface area contributed by atoms with Crippen molar-refractivity contribution < 1.29 is 27.4 Å². The number of hydrogen-bond donors (Lipinski definition) is 0. The summed E-state index contributed by atoms with van der Waals surface area (Å²) in [5, 5.41) is 0. The summed E-state index contributed by atoms with van der Waals surface area (Å²) >= 11 is 0. The van der Waals surface area contributed by atoms with Gasteiger partial charge in [-0.05, 0) is 50.3 Å². The second kappa shape index (κ2) is 6.02. The van der Waals surface area contributed by atoms with Crippen LogP contribution in [0.2, 0.25) is 0 Å². The van der Waals surface area contributed by atoms with Crippen molar-refractivity contribution in [2.45, 2.75) is 44.6 Å². The van der Waals surface area contributed by atoms with E-state index in [9.17, 15) is 18.0 Å². The van der Waals surface area contributed by atoms with Gasteiger partial charge >= 0.3 is 12.3 Å². The number of rotatable bonds is 4. The van der Waals surface area contributed by atoms with Crippen LogP contribution in [0, 0.1) is 0 Å². The summed E-state index contributed by atoms with van der Waals surface area (Å²) in [4.78, 5) is 11.8. The highest BCUT2D eigenvalue weighted by Gasteiger charge is 2.40. The van der Waals surface area contributed by atoms with Crippen LogP contribution in [0.15, 0.2) is 36.4 Å². The molecule has 0 aromatic heterocycles. The summed E-state index contributed by atoms with van der Waals surface area (Å²) < 4.78 is 46.0. The average molecular weight is 314 g/mol. The van der Waals surface area contributed by atoms with Crippen molar-refractivity contribution in [1.29, 1.82) is 0 Å². The second-order valence-corrected chi connectivity index (χ2v) is 5.44. The van der Waals surface area contributed by atoms with Crippen LogP contribution in [0.1, 0.15) is 38.2 Å². The number of alkyl halides is 3. The Hall–Kier alpha value is -1.98. The van der Waals surface area contributed by atoms with Crippen LogP contribution in [0.3, 0.4) is 0 Å². The molecule has 0 heterocycles. The molecule has 1 fully saturated rings. The summed E-state index contributed by atoms with van der Waals surface area (Å²) in [6.45, 7) is 5.12. The lowest BCUT2D eigenvalue weighted by atomic mass is 9.91. The predicted molar refractivity (Wildman–Crippen MR) is 74.2 cm³/mol. The highest BCUT2D eigenvalue weighted by Crippen LogP contribution is 2.43.